The molecule has 2 N–H and O–H groups in total. The van der Waals surface area contributed by atoms with Crippen molar-refractivity contribution >= 4 is 135 Å². The highest BCUT2D eigenvalue weighted by Gasteiger charge is 2.34. The van der Waals surface area contributed by atoms with Gasteiger partial charge in [-0.1, -0.05) is 0 Å². The van der Waals surface area contributed by atoms with Crippen LogP contribution in [0.4, 0.5) is 17.6 Å². The number of carbonyl (C=O) groups excluding carboxylic acids is 2. The fourth-order valence-corrected chi connectivity index (χ4v) is 9.52. The van der Waals surface area contributed by atoms with Gasteiger partial charge in [0.15, 0.2) is 16.5 Å². The van der Waals surface area contributed by atoms with Gasteiger partial charge >= 0.3 is 22.1 Å². The molecule has 3 rings (SSSR count). The molecule has 3 aromatic rings. The van der Waals surface area contributed by atoms with Crippen LogP contribution in [-0.2, 0) is 14.9 Å². The zero-order valence-electron chi connectivity index (χ0n) is 19.2. The summed E-state index contributed by atoms with van der Waals surface area (Å²) in [4.78, 5) is 22.8. The summed E-state index contributed by atoms with van der Waals surface area (Å²) >= 11 is 9.23. The molecule has 0 spiro atoms. The third-order valence-electron chi connectivity index (χ3n) is 4.78. The normalized spacial score (nSPS) is 11.4. The molecule has 0 aromatic heterocycles. The van der Waals surface area contributed by atoms with Crippen molar-refractivity contribution in [3.05, 3.63) is 70.4 Å². The van der Waals surface area contributed by atoms with Gasteiger partial charge in [-0.3, -0.25) is 4.55 Å². The Bertz CT molecular complexity index is 1650. The van der Waals surface area contributed by atoms with Crippen LogP contribution in [0.15, 0.2) is 23.1 Å². The summed E-state index contributed by atoms with van der Waals surface area (Å²) in [5.41, 5.74) is -0.130. The Balaban J connectivity index is 1.73. The Hall–Kier alpha value is -0.520. The van der Waals surface area contributed by atoms with Gasteiger partial charge in [0.05, 0.1) is 25.4 Å². The van der Waals surface area contributed by atoms with Gasteiger partial charge < -0.3 is 19.3 Å². The summed E-state index contributed by atoms with van der Waals surface area (Å²) in [7, 11) is -5.68. The molecule has 0 amide bonds. The average Bonchev–Trinajstić information content (AvgIpc) is 2.86. The molecule has 220 valence electrons. The minimum atomic E-state index is -5.68. The van der Waals surface area contributed by atoms with E-state index in [1.54, 1.807) is 51.2 Å². The molecule has 0 radical (unpaired) electrons. The van der Waals surface area contributed by atoms with Gasteiger partial charge in [0.2, 0.25) is 17.4 Å². The summed E-state index contributed by atoms with van der Waals surface area (Å²) in [6.45, 7) is -0.316. The quantitative estimate of drug-likeness (QED) is 0.0483. The largest absolute Gasteiger partial charge is 0.506 e. The Morgan fingerprint density at radius 1 is 0.756 bits per heavy atom. The summed E-state index contributed by atoms with van der Waals surface area (Å²) in [5.74, 6) is -13.5. The van der Waals surface area contributed by atoms with Crippen LogP contribution in [0, 0.1) is 41.1 Å². The molecule has 0 saturated heterocycles. The fraction of sp³-hybridized carbons (Fsp3) is 0.0909. The summed E-state index contributed by atoms with van der Waals surface area (Å²) < 4.78 is 105. The molecule has 0 saturated carbocycles. The topological polar surface area (TPSA) is 136 Å². The zero-order chi connectivity index (χ0) is 31.0. The number of benzene rings is 3. The first-order valence-electron chi connectivity index (χ1n) is 10.2. The molecule has 0 heterocycles. The minimum Gasteiger partial charge on any atom is -0.506 e. The van der Waals surface area contributed by atoms with Crippen LogP contribution in [0.25, 0.3) is 0 Å². The van der Waals surface area contributed by atoms with E-state index < -0.39 is 56.0 Å². The molecule has 0 aliphatic heterocycles. The number of phenols is 1. The van der Waals surface area contributed by atoms with E-state index in [2.05, 4.69) is 4.74 Å². The smallest absolute Gasteiger partial charge is 0.343 e. The van der Waals surface area contributed by atoms with Crippen LogP contribution in [0.1, 0.15) is 20.7 Å². The molecule has 0 bridgehead atoms. The van der Waals surface area contributed by atoms with Gasteiger partial charge in [-0.05, 0) is 131 Å². The Morgan fingerprint density at radius 3 is 1.80 bits per heavy atom. The number of aromatic hydroxyl groups is 1. The predicted octanol–water partition coefficient (Wildman–Crippen LogP) is 6.67. The fourth-order valence-electron chi connectivity index (χ4n) is 2.99. The van der Waals surface area contributed by atoms with Crippen LogP contribution < -0.4 is 9.47 Å². The van der Waals surface area contributed by atoms with Crippen molar-refractivity contribution in [3.8, 4) is 17.2 Å². The Morgan fingerprint density at radius 2 is 1.29 bits per heavy atom. The van der Waals surface area contributed by atoms with E-state index >= 15 is 0 Å². The second kappa shape index (κ2) is 14.1. The van der Waals surface area contributed by atoms with Crippen LogP contribution in [-0.4, -0.2) is 43.2 Å². The highest BCUT2D eigenvalue weighted by atomic mass is 127. The summed E-state index contributed by atoms with van der Waals surface area (Å²) in [6.07, 6.45) is 0. The zero-order valence-corrected chi connectivity index (χ0v) is 30.8. The summed E-state index contributed by atoms with van der Waals surface area (Å²) in [5, 5.41) is 10.1. The monoisotopic (exact) mass is 1160 g/mol. The minimum absolute atomic E-state index is 0.0478. The highest BCUT2D eigenvalue weighted by Crippen LogP contribution is 2.35. The lowest BCUT2D eigenvalue weighted by Crippen LogP contribution is -2.17. The van der Waals surface area contributed by atoms with E-state index in [-0.39, 0.29) is 35.8 Å². The molecule has 0 fully saturated rings. The van der Waals surface area contributed by atoms with Gasteiger partial charge in [-0.2, -0.15) is 17.2 Å². The summed E-state index contributed by atoms with van der Waals surface area (Å²) in [6, 6.07) is 3.95. The second-order valence-corrected chi connectivity index (χ2v) is 14.5. The molecule has 0 atom stereocenters. The lowest BCUT2D eigenvalue weighted by Gasteiger charge is -2.14. The first kappa shape index (κ1) is 35.0. The van der Waals surface area contributed by atoms with Gasteiger partial charge in [-0.25, -0.2) is 18.4 Å². The van der Waals surface area contributed by atoms with Gasteiger partial charge in [0.25, 0.3) is 0 Å². The second-order valence-electron chi connectivity index (χ2n) is 7.41. The van der Waals surface area contributed by atoms with E-state index in [1.165, 1.54) is 12.1 Å². The van der Waals surface area contributed by atoms with E-state index in [4.69, 9.17) is 14.0 Å². The van der Waals surface area contributed by atoms with Gasteiger partial charge in [0, 0.05) is 3.57 Å². The van der Waals surface area contributed by atoms with Crippen LogP contribution in [0.2, 0.25) is 0 Å². The number of phenolic OH excluding ortho intramolecular Hbond substituents is 1. The maximum Gasteiger partial charge on any atom is 0.343 e. The van der Waals surface area contributed by atoms with Crippen LogP contribution in [0.5, 0.6) is 17.2 Å². The first-order valence-corrected chi connectivity index (χ1v) is 17.0. The number of hydrogen-bond donors (Lipinski definition) is 2. The average molecular weight is 1160 g/mol. The molecule has 0 aliphatic carbocycles. The molecule has 0 unspecified atom stereocenters. The lowest BCUT2D eigenvalue weighted by molar-refractivity contribution is 0.0446. The van der Waals surface area contributed by atoms with Gasteiger partial charge in [-0.15, -0.1) is 0 Å². The highest BCUT2D eigenvalue weighted by molar-refractivity contribution is 14.1. The number of rotatable bonds is 8. The molecule has 41 heavy (non-hydrogen) atoms. The number of hydrogen-bond acceptors (Lipinski definition) is 8. The molecule has 9 nitrogen and oxygen atoms in total. The van der Waals surface area contributed by atoms with Crippen molar-refractivity contribution < 1.29 is 59.4 Å². The first-order chi connectivity index (χ1) is 19.0. The van der Waals surface area contributed by atoms with Crippen molar-refractivity contribution in [1.82, 2.24) is 0 Å². The lowest BCUT2D eigenvalue weighted by atomic mass is 10.2. The molecular weight excluding hydrogens is 1150 g/mol. The third-order valence-corrected chi connectivity index (χ3v) is 9.98. The van der Waals surface area contributed by atoms with Crippen LogP contribution >= 0.6 is 113 Å². The number of ether oxygens (including phenoxy) is 3. The predicted molar refractivity (Wildman–Crippen MR) is 175 cm³/mol. The van der Waals surface area contributed by atoms with Crippen molar-refractivity contribution in [1.29, 1.82) is 0 Å². The standard InChI is InChI=1S/C22H9F4I5O9S/c23-12-14(25)20(41(35,36)37)15(26)13(24)19(12)40-21(33)6-3-9(29)18(10(30)4-6)38-1-2-39-22(34)11-7(27)5-8(28)17(32)16(11)31/h3-5,32H,1-2H2,(H,35,36,37). The van der Waals surface area contributed by atoms with Gasteiger partial charge in [0.1, 0.15) is 24.7 Å². The van der Waals surface area contributed by atoms with Crippen molar-refractivity contribution in [2.45, 2.75) is 4.90 Å². The number of esters is 2. The van der Waals surface area contributed by atoms with E-state index in [0.717, 1.165) is 0 Å². The van der Waals surface area contributed by atoms with Crippen molar-refractivity contribution in [2.75, 3.05) is 13.2 Å². The van der Waals surface area contributed by atoms with E-state index in [9.17, 15) is 40.7 Å². The number of carbonyl (C=O) groups is 2. The maximum atomic E-state index is 14.2. The van der Waals surface area contributed by atoms with Crippen LogP contribution in [0.3, 0.4) is 0 Å². The molecule has 0 aliphatic rings. The maximum absolute atomic E-state index is 14.2. The van der Waals surface area contributed by atoms with Crippen molar-refractivity contribution in [3.63, 3.8) is 0 Å². The molecular formula is C22H9F4I5O9S. The van der Waals surface area contributed by atoms with E-state index in [1.807, 2.05) is 67.8 Å². The number of halogens is 9. The Kier molecular flexibility index (Phi) is 12.0. The Labute approximate surface area is 296 Å². The third kappa shape index (κ3) is 7.77. The van der Waals surface area contributed by atoms with Crippen molar-refractivity contribution in [2.24, 2.45) is 0 Å². The molecule has 19 heteroatoms. The molecule has 3 aromatic carbocycles. The van der Waals surface area contributed by atoms with E-state index in [0.29, 0.717) is 17.9 Å². The SMILES string of the molecule is O=C(Oc1c(F)c(F)c(S(=O)(=O)O)c(F)c1F)c1cc(I)c(OCCOC(=O)c2c(I)cc(I)c(O)c2I)c(I)c1.